The van der Waals surface area contributed by atoms with Crippen LogP contribution in [0.25, 0.3) is 0 Å². The van der Waals surface area contributed by atoms with Gasteiger partial charge in [-0.25, -0.2) is 0 Å². The minimum atomic E-state index is -5.70. The number of hydrogen-bond acceptors (Lipinski definition) is 1. The molecule has 16 heavy (non-hydrogen) atoms. The van der Waals surface area contributed by atoms with Crippen LogP contribution < -0.4 is 0 Å². The Morgan fingerprint density at radius 2 is 1.31 bits per heavy atom. The molecule has 1 rings (SSSR count). The van der Waals surface area contributed by atoms with Crippen molar-refractivity contribution in [1.82, 2.24) is 0 Å². The average molecular weight is 248 g/mol. The predicted octanol–water partition coefficient (Wildman–Crippen LogP) is 3.20. The van der Waals surface area contributed by atoms with Crippen molar-refractivity contribution in [2.45, 2.75) is 37.2 Å². The predicted molar refractivity (Wildman–Crippen MR) is 43.5 cm³/mol. The second-order valence-corrected chi connectivity index (χ2v) is 3.87. The summed E-state index contributed by atoms with van der Waals surface area (Å²) in [5.74, 6) is -0.812. The molecule has 94 valence electrons. The minimum absolute atomic E-state index is 0.133. The lowest BCUT2D eigenvalue weighted by atomic mass is 9.88. The zero-order chi connectivity index (χ0) is 12.6. The summed E-state index contributed by atoms with van der Waals surface area (Å²) < 4.78 is 73.6. The summed E-state index contributed by atoms with van der Waals surface area (Å²) in [6.45, 7) is 0. The lowest BCUT2D eigenvalue weighted by Gasteiger charge is -2.34. The van der Waals surface area contributed by atoms with Crippen LogP contribution in [0.1, 0.15) is 19.3 Å². The topological polar surface area (TPSA) is 20.2 Å². The highest BCUT2D eigenvalue weighted by molar-refractivity contribution is 5.01. The first kappa shape index (κ1) is 13.3. The normalized spacial score (nSPS) is 19.4. The Hall–Kier alpha value is -0.720. The molecule has 1 N–H and O–H groups in total. The second kappa shape index (κ2) is 3.94. The van der Waals surface area contributed by atoms with Gasteiger partial charge in [-0.15, -0.1) is 0 Å². The fourth-order valence-electron chi connectivity index (χ4n) is 1.65. The zero-order valence-corrected chi connectivity index (χ0v) is 8.07. The second-order valence-electron chi connectivity index (χ2n) is 3.87. The van der Waals surface area contributed by atoms with Crippen molar-refractivity contribution >= 4 is 0 Å². The first-order valence-corrected chi connectivity index (χ1v) is 4.59. The van der Waals surface area contributed by atoms with Crippen molar-refractivity contribution in [2.24, 2.45) is 5.92 Å². The van der Waals surface area contributed by atoms with Gasteiger partial charge < -0.3 is 5.11 Å². The Bertz CT molecular complexity index is 255. The van der Waals surface area contributed by atoms with E-state index in [4.69, 9.17) is 5.11 Å². The number of hydrogen-bond donors (Lipinski definition) is 1. The molecule has 0 saturated carbocycles. The van der Waals surface area contributed by atoms with Crippen LogP contribution in [-0.4, -0.2) is 23.1 Å². The summed E-state index contributed by atoms with van der Waals surface area (Å²) in [5, 5.41) is 8.87. The van der Waals surface area contributed by atoms with Gasteiger partial charge in [0.25, 0.3) is 5.60 Å². The van der Waals surface area contributed by atoms with Gasteiger partial charge in [0, 0.05) is 0 Å². The van der Waals surface area contributed by atoms with E-state index in [9.17, 15) is 26.3 Å². The Kier molecular flexibility index (Phi) is 3.29. The fraction of sp³-hybridized carbons (Fsp3) is 0.778. The van der Waals surface area contributed by atoms with Gasteiger partial charge in [-0.1, -0.05) is 12.2 Å². The quantitative estimate of drug-likeness (QED) is 0.587. The number of alkyl halides is 6. The number of aliphatic hydroxyl groups is 1. The number of halogens is 6. The van der Waals surface area contributed by atoms with Crippen molar-refractivity contribution in [1.29, 1.82) is 0 Å². The molecule has 1 aliphatic rings. The van der Waals surface area contributed by atoms with Crippen LogP contribution in [0.15, 0.2) is 12.2 Å². The molecule has 1 aliphatic carbocycles. The molecule has 0 aromatic heterocycles. The molecule has 0 atom stereocenters. The van der Waals surface area contributed by atoms with Crippen LogP contribution in [-0.2, 0) is 0 Å². The van der Waals surface area contributed by atoms with Gasteiger partial charge in [-0.05, 0) is 25.2 Å². The van der Waals surface area contributed by atoms with E-state index in [0.29, 0.717) is 0 Å². The van der Waals surface area contributed by atoms with E-state index in [-0.39, 0.29) is 12.8 Å². The van der Waals surface area contributed by atoms with Crippen LogP contribution in [0.3, 0.4) is 0 Å². The molecule has 0 fully saturated rings. The fourth-order valence-corrected chi connectivity index (χ4v) is 1.65. The van der Waals surface area contributed by atoms with Crippen molar-refractivity contribution in [3.8, 4) is 0 Å². The molecule has 0 aromatic carbocycles. The monoisotopic (exact) mass is 248 g/mol. The maximum Gasteiger partial charge on any atom is 0.426 e. The van der Waals surface area contributed by atoms with E-state index < -0.39 is 30.3 Å². The van der Waals surface area contributed by atoms with Crippen molar-refractivity contribution in [2.75, 3.05) is 0 Å². The third-order valence-electron chi connectivity index (χ3n) is 2.63. The summed E-state index contributed by atoms with van der Waals surface area (Å²) in [4.78, 5) is 0. The third kappa shape index (κ3) is 2.34. The van der Waals surface area contributed by atoms with Crippen molar-refractivity contribution in [3.63, 3.8) is 0 Å². The van der Waals surface area contributed by atoms with E-state index >= 15 is 0 Å². The standard InChI is InChI=1S/C9H10F6O/c10-8(11,12)7(16,9(13,14)15)5-6-3-1-2-4-6/h1-2,6,16H,3-5H2. The average Bonchev–Trinajstić information content (AvgIpc) is 2.52. The summed E-state index contributed by atoms with van der Waals surface area (Å²) in [6, 6.07) is 0. The Morgan fingerprint density at radius 1 is 0.938 bits per heavy atom. The van der Waals surface area contributed by atoms with Crippen LogP contribution in [0.5, 0.6) is 0 Å². The SMILES string of the molecule is OC(CC1CC=CC1)(C(F)(F)F)C(F)(F)F. The molecule has 7 heteroatoms. The Balaban J connectivity index is 2.88. The molecule has 1 nitrogen and oxygen atoms in total. The molecule has 0 radical (unpaired) electrons. The number of allylic oxidation sites excluding steroid dienone is 2. The third-order valence-corrected chi connectivity index (χ3v) is 2.63. The first-order valence-electron chi connectivity index (χ1n) is 4.59. The smallest absolute Gasteiger partial charge is 0.374 e. The molecule has 0 aromatic rings. The highest BCUT2D eigenvalue weighted by atomic mass is 19.4. The Labute approximate surface area is 87.8 Å². The molecule has 0 heterocycles. The van der Waals surface area contributed by atoms with Crippen LogP contribution in [0.2, 0.25) is 0 Å². The summed E-state index contributed by atoms with van der Waals surface area (Å²) in [6.07, 6.45) is -9.45. The molecule has 0 saturated heterocycles. The molecule has 0 spiro atoms. The van der Waals surface area contributed by atoms with Crippen LogP contribution in [0.4, 0.5) is 26.3 Å². The highest BCUT2D eigenvalue weighted by Gasteiger charge is 2.70. The van der Waals surface area contributed by atoms with E-state index in [1.807, 2.05) is 0 Å². The van der Waals surface area contributed by atoms with Gasteiger partial charge in [-0.3, -0.25) is 0 Å². The van der Waals surface area contributed by atoms with Gasteiger partial charge in [0.05, 0.1) is 0 Å². The van der Waals surface area contributed by atoms with E-state index in [2.05, 4.69) is 0 Å². The van der Waals surface area contributed by atoms with Gasteiger partial charge >= 0.3 is 12.4 Å². The molecule has 0 bridgehead atoms. The lowest BCUT2D eigenvalue weighted by molar-refractivity contribution is -0.372. The van der Waals surface area contributed by atoms with Crippen LogP contribution in [0, 0.1) is 5.92 Å². The van der Waals surface area contributed by atoms with E-state index in [1.54, 1.807) is 0 Å². The molecular formula is C9H10F6O. The summed E-state index contributed by atoms with van der Waals surface area (Å²) in [5.41, 5.74) is -4.60. The zero-order valence-electron chi connectivity index (χ0n) is 8.07. The molecule has 0 amide bonds. The van der Waals surface area contributed by atoms with E-state index in [1.165, 1.54) is 12.2 Å². The van der Waals surface area contributed by atoms with Crippen LogP contribution >= 0.6 is 0 Å². The van der Waals surface area contributed by atoms with Gasteiger partial charge in [0.2, 0.25) is 0 Å². The maximum absolute atomic E-state index is 12.3. The molecular weight excluding hydrogens is 238 g/mol. The molecule has 0 aliphatic heterocycles. The van der Waals surface area contributed by atoms with Gasteiger partial charge in [0.15, 0.2) is 0 Å². The Morgan fingerprint density at radius 3 is 1.62 bits per heavy atom. The summed E-state index contributed by atoms with van der Waals surface area (Å²) in [7, 11) is 0. The largest absolute Gasteiger partial charge is 0.426 e. The number of rotatable bonds is 2. The maximum atomic E-state index is 12.3. The molecule has 0 unspecified atom stereocenters. The van der Waals surface area contributed by atoms with Gasteiger partial charge in [-0.2, -0.15) is 26.3 Å². The first-order chi connectivity index (χ1) is 7.08. The van der Waals surface area contributed by atoms with Crippen molar-refractivity contribution < 1.29 is 31.4 Å². The summed E-state index contributed by atoms with van der Waals surface area (Å²) >= 11 is 0. The highest BCUT2D eigenvalue weighted by Crippen LogP contribution is 2.48. The lowest BCUT2D eigenvalue weighted by Crippen LogP contribution is -2.57. The van der Waals surface area contributed by atoms with Gasteiger partial charge in [0.1, 0.15) is 0 Å². The minimum Gasteiger partial charge on any atom is -0.374 e. The van der Waals surface area contributed by atoms with E-state index in [0.717, 1.165) is 0 Å². The van der Waals surface area contributed by atoms with Crippen molar-refractivity contribution in [3.05, 3.63) is 12.2 Å².